The van der Waals surface area contributed by atoms with E-state index >= 15 is 0 Å². The van der Waals surface area contributed by atoms with Crippen LogP contribution in [0, 0.1) is 7.14 Å². The van der Waals surface area contributed by atoms with E-state index in [4.69, 9.17) is 46.4 Å². The zero-order valence-electron chi connectivity index (χ0n) is 17.9. The van der Waals surface area contributed by atoms with Gasteiger partial charge in [0.05, 0.1) is 21.2 Å². The number of halogens is 6. The van der Waals surface area contributed by atoms with Crippen LogP contribution in [0.4, 0.5) is 11.4 Å². The first kappa shape index (κ1) is 28.9. The Kier molecular flexibility index (Phi) is 11.0. The number of anilines is 2. The summed E-state index contributed by atoms with van der Waals surface area (Å²) in [5, 5.41) is 7.33. The summed E-state index contributed by atoms with van der Waals surface area (Å²) in [6.07, 6.45) is 2.96. The summed E-state index contributed by atoms with van der Waals surface area (Å²) in [6, 6.07) is 17.0. The van der Waals surface area contributed by atoms with E-state index < -0.39 is 0 Å². The summed E-state index contributed by atoms with van der Waals surface area (Å²) in [6.45, 7) is 0. The Labute approximate surface area is 254 Å². The second kappa shape index (κ2) is 13.7. The Morgan fingerprint density at radius 3 is 1.81 bits per heavy atom. The Bertz CT molecular complexity index is 1410. The molecular weight excluding hydrogens is 772 g/mol. The number of hydrogen-bond donors (Lipinski definition) is 2. The summed E-state index contributed by atoms with van der Waals surface area (Å²) in [4.78, 5) is 31.6. The number of nitrogens with zero attached hydrogens (tertiary/aromatic N) is 2. The second-order valence-electron chi connectivity index (χ2n) is 6.88. The minimum absolute atomic E-state index is 0.179. The molecule has 4 rings (SSSR count). The monoisotopic (exact) mass is 784 g/mol. The number of benzene rings is 2. The normalized spacial score (nSPS) is 10.2. The van der Waals surface area contributed by atoms with Crippen LogP contribution in [-0.2, 0) is 0 Å². The van der Waals surface area contributed by atoms with Crippen molar-refractivity contribution in [1.82, 2.24) is 9.97 Å². The molecule has 0 aliphatic heterocycles. The van der Waals surface area contributed by atoms with Crippen LogP contribution in [0.25, 0.3) is 0 Å². The fourth-order valence-corrected chi connectivity index (χ4v) is 4.20. The Balaban J connectivity index is 0.000000201. The number of amides is 2. The number of hydrogen-bond acceptors (Lipinski definition) is 4. The summed E-state index contributed by atoms with van der Waals surface area (Å²) in [5.41, 5.74) is 2.13. The lowest BCUT2D eigenvalue weighted by Crippen LogP contribution is -2.12. The van der Waals surface area contributed by atoms with Crippen molar-refractivity contribution in [2.24, 2.45) is 0 Å². The number of aromatic nitrogens is 2. The average molecular weight is 786 g/mol. The zero-order chi connectivity index (χ0) is 26.2. The number of carbonyl (C=O) groups excluding carboxylic acids is 2. The largest absolute Gasteiger partial charge is 0.322 e. The van der Waals surface area contributed by atoms with Gasteiger partial charge in [0.1, 0.15) is 10.3 Å². The van der Waals surface area contributed by atoms with E-state index in [1.165, 1.54) is 12.4 Å². The van der Waals surface area contributed by atoms with Crippen LogP contribution in [0.5, 0.6) is 0 Å². The lowest BCUT2D eigenvalue weighted by Gasteiger charge is -2.07. The third-order valence-corrected chi connectivity index (χ3v) is 7.95. The van der Waals surface area contributed by atoms with E-state index in [0.717, 1.165) is 7.14 Å². The molecule has 2 heterocycles. The van der Waals surface area contributed by atoms with Gasteiger partial charge in [0.15, 0.2) is 0 Å². The summed E-state index contributed by atoms with van der Waals surface area (Å²) in [5.74, 6) is -0.538. The second-order valence-corrected chi connectivity index (χ2v) is 10.8. The summed E-state index contributed by atoms with van der Waals surface area (Å²) in [7, 11) is 0. The van der Waals surface area contributed by atoms with Gasteiger partial charge in [-0.2, -0.15) is 0 Å². The number of nitrogens with one attached hydrogen (secondary N) is 2. The topological polar surface area (TPSA) is 84.0 Å². The first-order valence-corrected chi connectivity index (χ1v) is 13.6. The Morgan fingerprint density at radius 1 is 0.722 bits per heavy atom. The number of rotatable bonds is 4. The van der Waals surface area contributed by atoms with E-state index in [0.29, 0.717) is 37.7 Å². The van der Waals surface area contributed by atoms with Crippen LogP contribution in [-0.4, -0.2) is 21.8 Å². The molecule has 0 spiro atoms. The van der Waals surface area contributed by atoms with Crippen LogP contribution in [0.1, 0.15) is 20.7 Å². The van der Waals surface area contributed by atoms with Crippen molar-refractivity contribution in [3.63, 3.8) is 0 Å². The van der Waals surface area contributed by atoms with E-state index in [9.17, 15) is 9.59 Å². The highest BCUT2D eigenvalue weighted by molar-refractivity contribution is 14.1. The first-order valence-electron chi connectivity index (χ1n) is 9.89. The van der Waals surface area contributed by atoms with Crippen molar-refractivity contribution >= 4 is 115 Å². The Hall–Kier alpha value is -1.70. The van der Waals surface area contributed by atoms with Crippen LogP contribution in [0.3, 0.4) is 0 Å². The molecule has 2 amide bonds. The van der Waals surface area contributed by atoms with E-state index in [1.54, 1.807) is 60.7 Å². The van der Waals surface area contributed by atoms with Crippen molar-refractivity contribution in [2.75, 3.05) is 10.6 Å². The summed E-state index contributed by atoms with van der Waals surface area (Å²) >= 11 is 27.5. The van der Waals surface area contributed by atoms with Crippen molar-refractivity contribution in [3.05, 3.63) is 112 Å². The van der Waals surface area contributed by atoms with Gasteiger partial charge in [-0.25, -0.2) is 9.97 Å². The van der Waals surface area contributed by atoms with Crippen LogP contribution < -0.4 is 10.6 Å². The van der Waals surface area contributed by atoms with Gasteiger partial charge in [0, 0.05) is 30.9 Å². The van der Waals surface area contributed by atoms with Crippen LogP contribution in [0.2, 0.25) is 20.4 Å². The first-order chi connectivity index (χ1) is 17.1. The van der Waals surface area contributed by atoms with Crippen LogP contribution in [0.15, 0.2) is 73.1 Å². The van der Waals surface area contributed by atoms with Crippen molar-refractivity contribution in [1.29, 1.82) is 0 Å². The molecule has 2 aromatic heterocycles. The third kappa shape index (κ3) is 8.42. The van der Waals surface area contributed by atoms with E-state index in [1.807, 2.05) is 0 Å². The zero-order valence-corrected chi connectivity index (χ0v) is 25.2. The molecule has 0 atom stereocenters. The van der Waals surface area contributed by atoms with Gasteiger partial charge in [-0.1, -0.05) is 46.4 Å². The highest BCUT2D eigenvalue weighted by Gasteiger charge is 2.11. The molecule has 2 N–H and O–H groups in total. The van der Waals surface area contributed by atoms with Gasteiger partial charge in [-0.05, 0) is 106 Å². The fraction of sp³-hybridized carbons (Fsp3) is 0. The lowest BCUT2D eigenvalue weighted by atomic mass is 10.2. The molecule has 0 unspecified atom stereocenters. The predicted molar refractivity (Wildman–Crippen MR) is 163 cm³/mol. The molecule has 0 aliphatic carbocycles. The minimum atomic E-state index is -0.300. The maximum Gasteiger partial charge on any atom is 0.258 e. The van der Waals surface area contributed by atoms with Gasteiger partial charge in [0.2, 0.25) is 0 Å². The van der Waals surface area contributed by atoms with Gasteiger partial charge in [-0.3, -0.25) is 9.59 Å². The molecule has 2 aromatic carbocycles. The minimum Gasteiger partial charge on any atom is -0.322 e. The molecule has 36 heavy (non-hydrogen) atoms. The maximum absolute atomic E-state index is 12.0. The van der Waals surface area contributed by atoms with Gasteiger partial charge >= 0.3 is 0 Å². The molecule has 0 saturated carbocycles. The smallest absolute Gasteiger partial charge is 0.258 e. The molecule has 4 aromatic rings. The molecule has 0 aliphatic rings. The predicted octanol–water partition coefficient (Wildman–Crippen LogP) is 8.49. The van der Waals surface area contributed by atoms with Gasteiger partial charge in [-0.15, -0.1) is 0 Å². The molecule has 12 heteroatoms. The quantitative estimate of drug-likeness (QED) is 0.161. The van der Waals surface area contributed by atoms with Crippen molar-refractivity contribution in [2.45, 2.75) is 0 Å². The molecule has 0 saturated heterocycles. The van der Waals surface area contributed by atoms with Crippen LogP contribution >= 0.6 is 91.6 Å². The molecule has 0 fully saturated rings. The van der Waals surface area contributed by atoms with Crippen molar-refractivity contribution < 1.29 is 9.59 Å². The highest BCUT2D eigenvalue weighted by Crippen LogP contribution is 2.24. The summed E-state index contributed by atoms with van der Waals surface area (Å²) < 4.78 is 1.74. The molecule has 0 radical (unpaired) electrons. The van der Waals surface area contributed by atoms with Gasteiger partial charge < -0.3 is 10.6 Å². The Morgan fingerprint density at radius 2 is 1.31 bits per heavy atom. The van der Waals surface area contributed by atoms with Crippen molar-refractivity contribution in [3.8, 4) is 0 Å². The van der Waals surface area contributed by atoms with E-state index in [-0.39, 0.29) is 17.0 Å². The highest BCUT2D eigenvalue weighted by atomic mass is 127. The standard InChI is InChI=1S/2C12H7Cl2IN2O/c13-9-3-2-8(5-10(9)15)17-12(18)7-1-4-11(14)16-6-7;13-9-4-3-7(6-10(9)15)17-12(18)8-2-1-5-16-11(8)14/h2*1-6H,(H,17,18). The maximum atomic E-state index is 12.0. The fourth-order valence-electron chi connectivity index (χ4n) is 2.62. The molecule has 0 bridgehead atoms. The number of pyridine rings is 2. The van der Waals surface area contributed by atoms with E-state index in [2.05, 4.69) is 65.8 Å². The van der Waals surface area contributed by atoms with Gasteiger partial charge in [0.25, 0.3) is 11.8 Å². The average Bonchev–Trinajstić information content (AvgIpc) is 2.85. The lowest BCUT2D eigenvalue weighted by molar-refractivity contribution is 0.101. The third-order valence-electron chi connectivity index (χ3n) is 4.35. The molecular formula is C24H14Cl4I2N4O2. The molecule has 6 nitrogen and oxygen atoms in total. The SMILES string of the molecule is O=C(Nc1ccc(Cl)c(I)c1)c1ccc(Cl)nc1.O=C(Nc1ccc(Cl)c(I)c1)c1cccnc1Cl. The number of carbonyl (C=O) groups is 2. The molecule has 184 valence electrons.